The van der Waals surface area contributed by atoms with E-state index in [4.69, 9.17) is 0 Å². The number of rotatable bonds is 6. The molecular weight excluding hydrogens is 334 g/mol. The average molecular weight is 354 g/mol. The van der Waals surface area contributed by atoms with E-state index in [1.54, 1.807) is 0 Å². The molecule has 4 nitrogen and oxygen atoms in total. The van der Waals surface area contributed by atoms with Crippen molar-refractivity contribution < 1.29 is 8.78 Å². The van der Waals surface area contributed by atoms with Crippen LogP contribution in [0.5, 0.6) is 0 Å². The van der Waals surface area contributed by atoms with Crippen LogP contribution in [-0.4, -0.2) is 16.5 Å². The van der Waals surface area contributed by atoms with E-state index in [2.05, 4.69) is 34.4 Å². The number of nitrogens with one attached hydrogen (secondary N) is 2. The molecule has 0 saturated carbocycles. The third-order valence-electron chi connectivity index (χ3n) is 3.66. The highest BCUT2D eigenvalue weighted by Crippen LogP contribution is 2.24. The van der Waals surface area contributed by atoms with E-state index in [1.807, 2.05) is 36.4 Å². The summed E-state index contributed by atoms with van der Waals surface area (Å²) < 4.78 is 26.6. The maximum atomic E-state index is 13.4. The normalized spacial score (nSPS) is 10.8. The molecule has 0 spiro atoms. The molecule has 0 fully saturated rings. The molecule has 2 aromatic carbocycles. The molecule has 0 aliphatic rings. The van der Waals surface area contributed by atoms with Crippen LogP contribution in [0.4, 0.5) is 26.2 Å². The predicted molar refractivity (Wildman–Crippen MR) is 100 cm³/mol. The van der Waals surface area contributed by atoms with Crippen LogP contribution < -0.4 is 10.6 Å². The lowest BCUT2D eigenvalue weighted by Crippen LogP contribution is -2.11. The average Bonchev–Trinajstić information content (AvgIpc) is 2.64. The summed E-state index contributed by atoms with van der Waals surface area (Å²) >= 11 is 0. The molecule has 6 heteroatoms. The molecule has 26 heavy (non-hydrogen) atoms. The number of nitrogens with zero attached hydrogens (tertiary/aromatic N) is 2. The Bertz CT molecular complexity index is 882. The Morgan fingerprint density at radius 2 is 1.69 bits per heavy atom. The van der Waals surface area contributed by atoms with Gasteiger partial charge in [0.2, 0.25) is 5.95 Å². The van der Waals surface area contributed by atoms with Gasteiger partial charge in [0.15, 0.2) is 11.6 Å². The van der Waals surface area contributed by atoms with Crippen LogP contribution in [0.15, 0.2) is 54.6 Å². The summed E-state index contributed by atoms with van der Waals surface area (Å²) in [7, 11) is 0. The van der Waals surface area contributed by atoms with E-state index in [9.17, 15) is 8.78 Å². The predicted octanol–water partition coefficient (Wildman–Crippen LogP) is 5.23. The van der Waals surface area contributed by atoms with Gasteiger partial charge in [-0.25, -0.2) is 13.8 Å². The van der Waals surface area contributed by atoms with Crippen molar-refractivity contribution in [1.82, 2.24) is 9.97 Å². The summed E-state index contributed by atoms with van der Waals surface area (Å²) in [6, 6.07) is 15.2. The van der Waals surface area contributed by atoms with Gasteiger partial charge in [0.05, 0.1) is 5.69 Å². The Kier molecular flexibility index (Phi) is 5.41. The van der Waals surface area contributed by atoms with Crippen molar-refractivity contribution >= 4 is 17.5 Å². The van der Waals surface area contributed by atoms with Gasteiger partial charge in [-0.15, -0.1) is 0 Å². The van der Waals surface area contributed by atoms with Crippen molar-refractivity contribution in [2.45, 2.75) is 13.8 Å². The third-order valence-corrected chi connectivity index (χ3v) is 3.66. The molecule has 2 N–H and O–H groups in total. The van der Waals surface area contributed by atoms with Gasteiger partial charge in [0.1, 0.15) is 5.82 Å². The van der Waals surface area contributed by atoms with Gasteiger partial charge in [-0.1, -0.05) is 44.2 Å². The first-order valence-corrected chi connectivity index (χ1v) is 8.41. The molecule has 1 aromatic heterocycles. The summed E-state index contributed by atoms with van der Waals surface area (Å²) in [6.07, 6.45) is 0. The van der Waals surface area contributed by atoms with E-state index < -0.39 is 11.6 Å². The minimum atomic E-state index is -0.924. The third kappa shape index (κ3) is 4.53. The van der Waals surface area contributed by atoms with Crippen LogP contribution in [0.2, 0.25) is 0 Å². The fraction of sp³-hybridized carbons (Fsp3) is 0.200. The molecule has 0 aliphatic heterocycles. The second-order valence-corrected chi connectivity index (χ2v) is 6.36. The highest BCUT2D eigenvalue weighted by molar-refractivity contribution is 5.66. The molecular formula is C20H20F2N4. The monoisotopic (exact) mass is 354 g/mol. The Balaban J connectivity index is 1.94. The molecule has 3 aromatic rings. The fourth-order valence-electron chi connectivity index (χ4n) is 2.36. The van der Waals surface area contributed by atoms with Crippen LogP contribution in [0, 0.1) is 17.6 Å². The van der Waals surface area contributed by atoms with E-state index in [0.717, 1.165) is 29.9 Å². The van der Waals surface area contributed by atoms with Gasteiger partial charge in [-0.05, 0) is 18.1 Å². The first kappa shape index (κ1) is 17.8. The van der Waals surface area contributed by atoms with E-state index in [-0.39, 0.29) is 0 Å². The van der Waals surface area contributed by atoms with Crippen molar-refractivity contribution in [1.29, 1.82) is 0 Å². The lowest BCUT2D eigenvalue weighted by molar-refractivity contribution is 0.509. The smallest absolute Gasteiger partial charge is 0.229 e. The van der Waals surface area contributed by atoms with Gasteiger partial charge in [-0.3, -0.25) is 0 Å². The van der Waals surface area contributed by atoms with Crippen molar-refractivity contribution in [3.63, 3.8) is 0 Å². The van der Waals surface area contributed by atoms with Gasteiger partial charge in [-0.2, -0.15) is 4.98 Å². The Morgan fingerprint density at radius 1 is 0.923 bits per heavy atom. The Hall–Kier alpha value is -3.02. The molecule has 0 amide bonds. The second kappa shape index (κ2) is 7.91. The zero-order valence-electron chi connectivity index (χ0n) is 14.6. The molecule has 0 saturated heterocycles. The maximum Gasteiger partial charge on any atom is 0.229 e. The Labute approximate surface area is 151 Å². The van der Waals surface area contributed by atoms with E-state index in [0.29, 0.717) is 23.4 Å². The number of halogens is 2. The lowest BCUT2D eigenvalue weighted by Gasteiger charge is -2.13. The van der Waals surface area contributed by atoms with Crippen molar-refractivity contribution in [3.05, 3.63) is 66.2 Å². The summed E-state index contributed by atoms with van der Waals surface area (Å²) in [4.78, 5) is 8.93. The van der Waals surface area contributed by atoms with Gasteiger partial charge >= 0.3 is 0 Å². The topological polar surface area (TPSA) is 49.8 Å². The van der Waals surface area contributed by atoms with Crippen molar-refractivity contribution in [3.8, 4) is 11.3 Å². The lowest BCUT2D eigenvalue weighted by atomic mass is 10.1. The number of aromatic nitrogens is 2. The summed E-state index contributed by atoms with van der Waals surface area (Å²) in [6.45, 7) is 4.97. The molecule has 0 radical (unpaired) electrons. The molecule has 0 aliphatic carbocycles. The van der Waals surface area contributed by atoms with Gasteiger partial charge < -0.3 is 10.6 Å². The van der Waals surface area contributed by atoms with Gasteiger partial charge in [0.25, 0.3) is 0 Å². The van der Waals surface area contributed by atoms with Crippen LogP contribution in [0.25, 0.3) is 11.3 Å². The standard InChI is InChI=1S/C20H20F2N4/c1-13(2)12-23-19-11-18(14-6-4-3-5-7-14)25-20(26-19)24-15-8-9-16(21)17(22)10-15/h3-11,13H,12H2,1-2H3,(H2,23,24,25,26). The maximum absolute atomic E-state index is 13.4. The first-order valence-electron chi connectivity index (χ1n) is 8.41. The number of hydrogen-bond acceptors (Lipinski definition) is 4. The van der Waals surface area contributed by atoms with Crippen LogP contribution in [-0.2, 0) is 0 Å². The summed E-state index contributed by atoms with van der Waals surface area (Å²) in [5, 5.41) is 6.22. The highest BCUT2D eigenvalue weighted by atomic mass is 19.2. The van der Waals surface area contributed by atoms with Crippen LogP contribution >= 0.6 is 0 Å². The van der Waals surface area contributed by atoms with Crippen LogP contribution in [0.1, 0.15) is 13.8 Å². The van der Waals surface area contributed by atoms with Gasteiger partial charge in [0, 0.05) is 29.9 Å². The van der Waals surface area contributed by atoms with Crippen molar-refractivity contribution in [2.24, 2.45) is 5.92 Å². The van der Waals surface area contributed by atoms with Crippen LogP contribution in [0.3, 0.4) is 0 Å². The molecule has 1 heterocycles. The molecule has 0 bridgehead atoms. The quantitative estimate of drug-likeness (QED) is 0.636. The summed E-state index contributed by atoms with van der Waals surface area (Å²) in [5.74, 6) is -0.393. The number of hydrogen-bond donors (Lipinski definition) is 2. The second-order valence-electron chi connectivity index (χ2n) is 6.36. The molecule has 3 rings (SSSR count). The fourth-order valence-corrected chi connectivity index (χ4v) is 2.36. The largest absolute Gasteiger partial charge is 0.370 e. The zero-order chi connectivity index (χ0) is 18.5. The SMILES string of the molecule is CC(C)CNc1cc(-c2ccccc2)nc(Nc2ccc(F)c(F)c2)n1. The Morgan fingerprint density at radius 3 is 2.38 bits per heavy atom. The minimum absolute atomic E-state index is 0.309. The first-order chi connectivity index (χ1) is 12.5. The number of benzene rings is 2. The summed E-state index contributed by atoms with van der Waals surface area (Å²) in [5.41, 5.74) is 2.05. The van der Waals surface area contributed by atoms with E-state index >= 15 is 0 Å². The minimum Gasteiger partial charge on any atom is -0.370 e. The zero-order valence-corrected chi connectivity index (χ0v) is 14.6. The molecule has 0 unspecified atom stereocenters. The highest BCUT2D eigenvalue weighted by Gasteiger charge is 2.09. The molecule has 134 valence electrons. The van der Waals surface area contributed by atoms with E-state index in [1.165, 1.54) is 6.07 Å². The van der Waals surface area contributed by atoms with Crippen molar-refractivity contribution in [2.75, 3.05) is 17.2 Å². The molecule has 0 atom stereocenters. The number of anilines is 3.